The molecule has 1 amide bonds. The fourth-order valence-corrected chi connectivity index (χ4v) is 5.84. The van der Waals surface area contributed by atoms with Crippen molar-refractivity contribution in [1.82, 2.24) is 13.8 Å². The van der Waals surface area contributed by atoms with Gasteiger partial charge in [-0.15, -0.1) is 0 Å². The predicted octanol–water partition coefficient (Wildman–Crippen LogP) is 2.21. The Hall–Kier alpha value is -2.20. The largest absolute Gasteiger partial charge is 0.379 e. The van der Waals surface area contributed by atoms with Crippen LogP contribution in [0.1, 0.15) is 31.5 Å². The number of rotatable bonds is 6. The Bertz CT molecular complexity index is 1010. The molecule has 4 rings (SSSR count). The summed E-state index contributed by atoms with van der Waals surface area (Å²) < 4.78 is 34.3. The molecule has 1 aromatic heterocycles. The van der Waals surface area contributed by atoms with Crippen LogP contribution >= 0.6 is 0 Å². The molecule has 1 aromatic carbocycles. The molecule has 3 heterocycles. The van der Waals surface area contributed by atoms with Crippen molar-refractivity contribution in [2.75, 3.05) is 38.2 Å². The average molecular weight is 447 g/mol. The molecule has 0 saturated carbocycles. The van der Waals surface area contributed by atoms with Gasteiger partial charge in [-0.2, -0.15) is 4.31 Å². The smallest absolute Gasteiger partial charge is 0.243 e. The molecule has 0 bridgehead atoms. The Labute approximate surface area is 183 Å². The first-order valence-corrected chi connectivity index (χ1v) is 12.2. The van der Waals surface area contributed by atoms with Crippen LogP contribution in [-0.4, -0.2) is 67.0 Å². The summed E-state index contributed by atoms with van der Waals surface area (Å²) >= 11 is 0. The van der Waals surface area contributed by atoms with Crippen molar-refractivity contribution >= 4 is 21.6 Å². The fourth-order valence-electron chi connectivity index (χ4n) is 4.43. The van der Waals surface area contributed by atoms with E-state index in [0.717, 1.165) is 19.4 Å². The molecule has 31 heavy (non-hydrogen) atoms. The number of nitrogens with zero attached hydrogens (tertiary/aromatic N) is 3. The molecule has 2 atom stereocenters. The minimum atomic E-state index is -3.54. The van der Waals surface area contributed by atoms with Crippen LogP contribution in [0, 0.1) is 0 Å². The summed E-state index contributed by atoms with van der Waals surface area (Å²) in [5.74, 6) is -0.0927. The minimum Gasteiger partial charge on any atom is -0.379 e. The van der Waals surface area contributed by atoms with E-state index in [2.05, 4.69) is 20.9 Å². The second-order valence-corrected chi connectivity index (χ2v) is 10.1. The average Bonchev–Trinajstić information content (AvgIpc) is 3.42. The zero-order valence-corrected chi connectivity index (χ0v) is 18.8. The van der Waals surface area contributed by atoms with E-state index in [1.54, 1.807) is 24.3 Å². The van der Waals surface area contributed by atoms with Gasteiger partial charge in [0.1, 0.15) is 0 Å². The van der Waals surface area contributed by atoms with Gasteiger partial charge in [0, 0.05) is 37.7 Å². The van der Waals surface area contributed by atoms with E-state index in [9.17, 15) is 13.2 Å². The second-order valence-electron chi connectivity index (χ2n) is 8.15. The van der Waals surface area contributed by atoms with Gasteiger partial charge in [0.2, 0.25) is 15.9 Å². The molecule has 0 spiro atoms. The van der Waals surface area contributed by atoms with Crippen LogP contribution in [0.5, 0.6) is 0 Å². The standard InChI is InChI=1S/C22H30N4O4S/c1-17(26-12-4-6-21(26)20-5-3-11-24(20)2)22(27)23-18-7-9-19(10-8-18)31(28,29)25-13-15-30-16-14-25/h3,5,7-11,17,21H,4,6,12-16H2,1-2H3,(H,23,27)/t17-,21+/m0/s1. The number of nitrogens with one attached hydrogen (secondary N) is 1. The van der Waals surface area contributed by atoms with Gasteiger partial charge in [-0.25, -0.2) is 8.42 Å². The number of anilines is 1. The summed E-state index contributed by atoms with van der Waals surface area (Å²) in [6, 6.07) is 10.5. The van der Waals surface area contributed by atoms with E-state index in [0.29, 0.717) is 32.0 Å². The maximum atomic E-state index is 12.9. The SMILES string of the molecule is C[C@@H](C(=O)Nc1ccc(S(=O)(=O)N2CCOCC2)cc1)N1CCC[C@@H]1c1cccn1C. The number of carbonyl (C=O) groups is 1. The summed E-state index contributed by atoms with van der Waals surface area (Å²) in [5.41, 5.74) is 1.81. The van der Waals surface area contributed by atoms with Gasteiger partial charge in [0.05, 0.1) is 30.2 Å². The molecule has 9 heteroatoms. The molecular formula is C22H30N4O4S. The maximum absolute atomic E-state index is 12.9. The maximum Gasteiger partial charge on any atom is 0.243 e. The molecule has 2 saturated heterocycles. The molecule has 1 N–H and O–H groups in total. The number of sulfonamides is 1. The van der Waals surface area contributed by atoms with E-state index < -0.39 is 10.0 Å². The Kier molecular flexibility index (Phi) is 6.47. The van der Waals surface area contributed by atoms with Gasteiger partial charge in [-0.3, -0.25) is 9.69 Å². The number of hydrogen-bond acceptors (Lipinski definition) is 5. The lowest BCUT2D eigenvalue weighted by Crippen LogP contribution is -2.42. The van der Waals surface area contributed by atoms with Gasteiger partial charge in [-0.05, 0) is 62.7 Å². The first kappa shape index (κ1) is 22.0. The summed E-state index contributed by atoms with van der Waals surface area (Å²) in [4.78, 5) is 15.4. The molecule has 168 valence electrons. The van der Waals surface area contributed by atoms with E-state index in [1.807, 2.05) is 26.2 Å². The van der Waals surface area contributed by atoms with Crippen LogP contribution in [0.15, 0.2) is 47.5 Å². The van der Waals surface area contributed by atoms with Crippen molar-refractivity contribution in [3.8, 4) is 0 Å². The lowest BCUT2D eigenvalue weighted by molar-refractivity contribution is -0.121. The Morgan fingerprint density at radius 1 is 1.13 bits per heavy atom. The number of ether oxygens (including phenoxy) is 1. The van der Waals surface area contributed by atoms with Crippen molar-refractivity contribution in [3.63, 3.8) is 0 Å². The minimum absolute atomic E-state index is 0.0927. The Balaban J connectivity index is 1.42. The number of carbonyl (C=O) groups excluding carboxylic acids is 1. The quantitative estimate of drug-likeness (QED) is 0.736. The molecule has 2 fully saturated rings. The third kappa shape index (κ3) is 4.55. The summed E-state index contributed by atoms with van der Waals surface area (Å²) in [6.45, 7) is 4.33. The number of morpholine rings is 1. The Morgan fingerprint density at radius 2 is 1.84 bits per heavy atom. The second kappa shape index (κ2) is 9.12. The van der Waals surface area contributed by atoms with Crippen LogP contribution in [-0.2, 0) is 26.6 Å². The lowest BCUT2D eigenvalue weighted by atomic mass is 10.1. The number of amides is 1. The highest BCUT2D eigenvalue weighted by molar-refractivity contribution is 7.89. The van der Waals surface area contributed by atoms with Crippen molar-refractivity contribution in [2.45, 2.75) is 36.7 Å². The number of likely N-dealkylation sites (tertiary alicyclic amines) is 1. The van der Waals surface area contributed by atoms with Crippen LogP contribution < -0.4 is 5.32 Å². The lowest BCUT2D eigenvalue weighted by Gasteiger charge is -2.30. The molecule has 0 unspecified atom stereocenters. The van der Waals surface area contributed by atoms with Crippen molar-refractivity contribution < 1.29 is 17.9 Å². The number of aromatic nitrogens is 1. The molecule has 0 radical (unpaired) electrons. The van der Waals surface area contributed by atoms with Gasteiger partial charge >= 0.3 is 0 Å². The highest BCUT2D eigenvalue weighted by Crippen LogP contribution is 2.33. The van der Waals surface area contributed by atoms with Gasteiger partial charge in [0.25, 0.3) is 0 Å². The topological polar surface area (TPSA) is 83.9 Å². The molecule has 2 aliphatic heterocycles. The molecule has 2 aliphatic rings. The van der Waals surface area contributed by atoms with Crippen LogP contribution in [0.3, 0.4) is 0 Å². The van der Waals surface area contributed by atoms with Crippen molar-refractivity contribution in [2.24, 2.45) is 7.05 Å². The van der Waals surface area contributed by atoms with E-state index in [-0.39, 0.29) is 22.9 Å². The highest BCUT2D eigenvalue weighted by atomic mass is 32.2. The highest BCUT2D eigenvalue weighted by Gasteiger charge is 2.34. The van der Waals surface area contributed by atoms with E-state index >= 15 is 0 Å². The fraction of sp³-hybridized carbons (Fsp3) is 0.500. The number of hydrogen-bond donors (Lipinski definition) is 1. The molecule has 0 aliphatic carbocycles. The molecule has 8 nitrogen and oxygen atoms in total. The molecular weight excluding hydrogens is 416 g/mol. The number of benzene rings is 1. The first-order valence-electron chi connectivity index (χ1n) is 10.7. The Morgan fingerprint density at radius 3 is 2.48 bits per heavy atom. The van der Waals surface area contributed by atoms with Gasteiger partial charge < -0.3 is 14.6 Å². The van der Waals surface area contributed by atoms with Crippen molar-refractivity contribution in [3.05, 3.63) is 48.3 Å². The molecule has 2 aromatic rings. The summed E-state index contributed by atoms with van der Waals surface area (Å²) in [7, 11) is -1.51. The summed E-state index contributed by atoms with van der Waals surface area (Å²) in [6.07, 6.45) is 4.12. The zero-order valence-electron chi connectivity index (χ0n) is 18.0. The van der Waals surface area contributed by atoms with Crippen LogP contribution in [0.25, 0.3) is 0 Å². The van der Waals surface area contributed by atoms with E-state index in [1.165, 1.54) is 10.00 Å². The first-order chi connectivity index (χ1) is 14.9. The number of aryl methyl sites for hydroxylation is 1. The van der Waals surface area contributed by atoms with Gasteiger partial charge in [0.15, 0.2) is 0 Å². The normalized spacial score (nSPS) is 21.8. The van der Waals surface area contributed by atoms with Crippen LogP contribution in [0.2, 0.25) is 0 Å². The zero-order chi connectivity index (χ0) is 22.0. The third-order valence-corrected chi connectivity index (χ3v) is 8.14. The third-order valence-electron chi connectivity index (χ3n) is 6.23. The van der Waals surface area contributed by atoms with Gasteiger partial charge in [-0.1, -0.05) is 0 Å². The van der Waals surface area contributed by atoms with E-state index in [4.69, 9.17) is 4.74 Å². The summed E-state index contributed by atoms with van der Waals surface area (Å²) in [5, 5.41) is 2.94. The predicted molar refractivity (Wildman–Crippen MR) is 118 cm³/mol. The van der Waals surface area contributed by atoms with Crippen molar-refractivity contribution in [1.29, 1.82) is 0 Å². The monoisotopic (exact) mass is 446 g/mol. The van der Waals surface area contributed by atoms with Crippen LogP contribution in [0.4, 0.5) is 5.69 Å².